The molecule has 0 radical (unpaired) electrons. The summed E-state index contributed by atoms with van der Waals surface area (Å²) in [6, 6.07) is 12.0. The van der Waals surface area contributed by atoms with E-state index in [0.717, 1.165) is 37.6 Å². The first-order valence-corrected chi connectivity index (χ1v) is 9.95. The highest BCUT2D eigenvalue weighted by Crippen LogP contribution is 2.32. The van der Waals surface area contributed by atoms with Crippen molar-refractivity contribution in [1.29, 1.82) is 0 Å². The molecular weight excluding hydrogens is 393 g/mol. The number of methoxy groups -OCH3 is 2. The van der Waals surface area contributed by atoms with Crippen LogP contribution < -0.4 is 26.8 Å². The van der Waals surface area contributed by atoms with E-state index < -0.39 is 0 Å². The molecule has 1 saturated heterocycles. The van der Waals surface area contributed by atoms with Crippen LogP contribution in [0.15, 0.2) is 42.5 Å². The zero-order valence-electron chi connectivity index (χ0n) is 17.0. The standard InChI is InChI=1S/C23H28FNO3.ClH/c1-27-22-12-9-18(15-23(22)28-2)19-5-3-13-25(16-19)14-4-6-21(26)17-7-10-20(24)11-8-17;/h7-12,15,19H,3-6,13-14,16H2,1-2H3;1H. The Kier molecular flexibility index (Phi) is 8.93. The van der Waals surface area contributed by atoms with E-state index in [1.807, 2.05) is 6.07 Å². The van der Waals surface area contributed by atoms with Gasteiger partial charge in [0.2, 0.25) is 0 Å². The number of hydrogen-bond donors (Lipinski definition) is 1. The van der Waals surface area contributed by atoms with E-state index in [-0.39, 0.29) is 24.0 Å². The van der Waals surface area contributed by atoms with Crippen LogP contribution in [0.25, 0.3) is 0 Å². The van der Waals surface area contributed by atoms with Gasteiger partial charge in [-0.3, -0.25) is 4.79 Å². The Hall–Kier alpha value is -2.11. The number of piperidine rings is 1. The van der Waals surface area contributed by atoms with Gasteiger partial charge in [0, 0.05) is 24.3 Å². The van der Waals surface area contributed by atoms with Crippen LogP contribution in [0.3, 0.4) is 0 Å². The summed E-state index contributed by atoms with van der Waals surface area (Å²) in [5, 5.41) is 0. The summed E-state index contributed by atoms with van der Waals surface area (Å²) in [6.45, 7) is 3.20. The highest BCUT2D eigenvalue weighted by molar-refractivity contribution is 5.95. The number of Topliss-reactive ketones (excluding diaryl/α,β-unsaturated/α-hetero) is 1. The third-order valence-electron chi connectivity index (χ3n) is 5.60. The molecule has 0 aromatic heterocycles. The molecule has 1 heterocycles. The normalized spacial score (nSPS) is 18.6. The Labute approximate surface area is 178 Å². The second-order valence-electron chi connectivity index (χ2n) is 7.44. The van der Waals surface area contributed by atoms with Crippen LogP contribution in [0.4, 0.5) is 4.39 Å². The van der Waals surface area contributed by atoms with Gasteiger partial charge in [0.05, 0.1) is 33.9 Å². The van der Waals surface area contributed by atoms with Crippen molar-refractivity contribution in [3.05, 3.63) is 59.4 Å². The molecule has 2 aromatic carbocycles. The second-order valence-corrected chi connectivity index (χ2v) is 7.44. The molecule has 3 rings (SSSR count). The lowest BCUT2D eigenvalue weighted by molar-refractivity contribution is -0.906. The Bertz CT molecular complexity index is 797. The fourth-order valence-corrected chi connectivity index (χ4v) is 4.05. The van der Waals surface area contributed by atoms with Crippen LogP contribution in [-0.2, 0) is 0 Å². The number of quaternary nitrogens is 1. The molecule has 2 atom stereocenters. The van der Waals surface area contributed by atoms with Gasteiger partial charge in [-0.05, 0) is 54.8 Å². The maximum Gasteiger partial charge on any atom is 0.163 e. The molecule has 158 valence electrons. The zero-order chi connectivity index (χ0) is 19.9. The minimum Gasteiger partial charge on any atom is -1.00 e. The van der Waals surface area contributed by atoms with Gasteiger partial charge in [0.25, 0.3) is 0 Å². The maximum atomic E-state index is 13.0. The van der Waals surface area contributed by atoms with Crippen LogP contribution in [0.2, 0.25) is 0 Å². The fourth-order valence-electron chi connectivity index (χ4n) is 4.05. The zero-order valence-corrected chi connectivity index (χ0v) is 17.8. The van der Waals surface area contributed by atoms with Gasteiger partial charge in [-0.15, -0.1) is 0 Å². The summed E-state index contributed by atoms with van der Waals surface area (Å²) in [5.41, 5.74) is 1.88. The number of carbonyl (C=O) groups excluding carboxylic acids is 1. The SMILES string of the molecule is COc1ccc(C2CCC[NH+](CCCC(=O)c3ccc(F)cc3)C2)cc1OC.[Cl-]. The minimum absolute atomic E-state index is 0. The summed E-state index contributed by atoms with van der Waals surface area (Å²) in [7, 11) is 3.31. The average Bonchev–Trinajstić information content (AvgIpc) is 2.73. The van der Waals surface area contributed by atoms with Crippen molar-refractivity contribution in [2.24, 2.45) is 0 Å². The van der Waals surface area contributed by atoms with E-state index in [0.29, 0.717) is 17.9 Å². The number of likely N-dealkylation sites (tertiary alicyclic amines) is 1. The molecule has 2 aromatic rings. The number of ketones is 1. The van der Waals surface area contributed by atoms with Gasteiger partial charge in [-0.1, -0.05) is 6.07 Å². The monoisotopic (exact) mass is 421 g/mol. The number of nitrogens with one attached hydrogen (secondary N) is 1. The van der Waals surface area contributed by atoms with Crippen molar-refractivity contribution in [2.75, 3.05) is 33.9 Å². The summed E-state index contributed by atoms with van der Waals surface area (Å²) < 4.78 is 23.8. The average molecular weight is 422 g/mol. The quantitative estimate of drug-likeness (QED) is 0.622. The number of halogens is 2. The van der Waals surface area contributed by atoms with Crippen LogP contribution in [-0.4, -0.2) is 39.6 Å². The van der Waals surface area contributed by atoms with Gasteiger partial charge >= 0.3 is 0 Å². The largest absolute Gasteiger partial charge is 1.00 e. The summed E-state index contributed by atoms with van der Waals surface area (Å²) in [5.74, 6) is 1.81. The highest BCUT2D eigenvalue weighted by atomic mass is 35.5. The van der Waals surface area contributed by atoms with E-state index in [9.17, 15) is 9.18 Å². The third-order valence-corrected chi connectivity index (χ3v) is 5.60. The Balaban J connectivity index is 0.00000300. The molecule has 2 unspecified atom stereocenters. The smallest absolute Gasteiger partial charge is 0.163 e. The van der Waals surface area contributed by atoms with Gasteiger partial charge in [0.1, 0.15) is 5.82 Å². The van der Waals surface area contributed by atoms with Gasteiger partial charge < -0.3 is 26.8 Å². The molecule has 0 spiro atoms. The van der Waals surface area contributed by atoms with Gasteiger partial charge in [-0.25, -0.2) is 4.39 Å². The summed E-state index contributed by atoms with van der Waals surface area (Å²) in [6.07, 6.45) is 3.72. The number of rotatable bonds is 8. The molecule has 0 amide bonds. The maximum absolute atomic E-state index is 13.0. The molecule has 29 heavy (non-hydrogen) atoms. The van der Waals surface area contributed by atoms with E-state index in [4.69, 9.17) is 9.47 Å². The van der Waals surface area contributed by atoms with Gasteiger partial charge in [-0.2, -0.15) is 0 Å². The Morgan fingerprint density at radius 2 is 1.83 bits per heavy atom. The number of carbonyl (C=O) groups is 1. The van der Waals surface area contributed by atoms with Crippen molar-refractivity contribution >= 4 is 5.78 Å². The number of hydrogen-bond acceptors (Lipinski definition) is 3. The van der Waals surface area contributed by atoms with E-state index in [1.54, 1.807) is 26.4 Å². The molecule has 6 heteroatoms. The van der Waals surface area contributed by atoms with Crippen molar-refractivity contribution in [2.45, 2.75) is 31.6 Å². The molecule has 4 nitrogen and oxygen atoms in total. The van der Waals surface area contributed by atoms with Crippen LogP contribution in [0, 0.1) is 5.82 Å². The first-order valence-electron chi connectivity index (χ1n) is 9.95. The highest BCUT2D eigenvalue weighted by Gasteiger charge is 2.25. The topological polar surface area (TPSA) is 40.0 Å². The van der Waals surface area contributed by atoms with E-state index in [2.05, 4.69) is 12.1 Å². The van der Waals surface area contributed by atoms with Crippen molar-refractivity contribution in [3.63, 3.8) is 0 Å². The van der Waals surface area contributed by atoms with Crippen molar-refractivity contribution in [1.82, 2.24) is 0 Å². The predicted octanol–water partition coefficient (Wildman–Crippen LogP) is 0.272. The van der Waals surface area contributed by atoms with Crippen LogP contribution >= 0.6 is 0 Å². The molecule has 1 N–H and O–H groups in total. The minimum atomic E-state index is -0.310. The summed E-state index contributed by atoms with van der Waals surface area (Å²) >= 11 is 0. The Morgan fingerprint density at radius 3 is 2.52 bits per heavy atom. The number of benzene rings is 2. The molecule has 0 saturated carbocycles. The first-order chi connectivity index (χ1) is 13.6. The van der Waals surface area contributed by atoms with E-state index in [1.165, 1.54) is 35.4 Å². The Morgan fingerprint density at radius 1 is 1.10 bits per heavy atom. The van der Waals surface area contributed by atoms with E-state index >= 15 is 0 Å². The molecule has 1 aliphatic rings. The van der Waals surface area contributed by atoms with Gasteiger partial charge in [0.15, 0.2) is 17.3 Å². The lowest BCUT2D eigenvalue weighted by atomic mass is 9.90. The summed E-state index contributed by atoms with van der Waals surface area (Å²) in [4.78, 5) is 13.8. The molecule has 1 aliphatic heterocycles. The fraction of sp³-hybridized carbons (Fsp3) is 0.435. The lowest BCUT2D eigenvalue weighted by Crippen LogP contribution is -3.13. The number of ether oxygens (including phenoxy) is 2. The molecule has 0 aliphatic carbocycles. The van der Waals surface area contributed by atoms with Crippen LogP contribution in [0.5, 0.6) is 11.5 Å². The van der Waals surface area contributed by atoms with Crippen molar-refractivity contribution in [3.8, 4) is 11.5 Å². The second kappa shape index (κ2) is 11.2. The molecular formula is C23H29ClFNO3. The van der Waals surface area contributed by atoms with Crippen molar-refractivity contribution < 1.29 is 36.0 Å². The molecule has 1 fully saturated rings. The first kappa shape index (κ1) is 23.2. The predicted molar refractivity (Wildman–Crippen MR) is 107 cm³/mol. The van der Waals surface area contributed by atoms with Crippen LogP contribution in [0.1, 0.15) is 47.5 Å². The lowest BCUT2D eigenvalue weighted by Gasteiger charge is -2.30. The third kappa shape index (κ3) is 6.18. The molecule has 0 bridgehead atoms.